The first kappa shape index (κ1) is 51.9. The summed E-state index contributed by atoms with van der Waals surface area (Å²) in [6.45, 7) is 24.0. The zero-order valence-electron chi connectivity index (χ0n) is 42.1. The second-order valence-corrected chi connectivity index (χ2v) is 35.6. The minimum atomic E-state index is -2.97. The number of nitrogens with zero attached hydrogens (tertiary/aromatic N) is 8. The highest BCUT2D eigenvalue weighted by Gasteiger charge is 2.35. The van der Waals surface area contributed by atoms with Crippen LogP contribution in [0.4, 0.5) is 11.4 Å². The first-order valence-corrected chi connectivity index (χ1v) is 33.5. The van der Waals surface area contributed by atoms with Crippen LogP contribution < -0.4 is 10.6 Å². The average Bonchev–Trinajstić information content (AvgIpc) is 4.07. The molecule has 8 rings (SSSR count). The number of nitrogens with one attached hydrogen (secondary N) is 2. The molecule has 2 aliphatic rings. The molecule has 18 nitrogen and oxygen atoms in total. The number of rotatable bonds is 22. The third-order valence-corrected chi connectivity index (χ3v) is 17.7. The van der Waals surface area contributed by atoms with E-state index in [1.54, 1.807) is 12.4 Å². The topological polar surface area (TPSA) is 216 Å². The Kier molecular flexibility index (Phi) is 16.5. The minimum Gasteiger partial charge on any atom is -0.460 e. The van der Waals surface area contributed by atoms with Crippen LogP contribution in [0.5, 0.6) is 0 Å². The highest BCUT2D eigenvalue weighted by Crippen LogP contribution is 2.40. The molecule has 2 N–H and O–H groups in total. The number of carbonyl (C=O) groups excluding carboxylic acids is 1. The van der Waals surface area contributed by atoms with Gasteiger partial charge in [0, 0.05) is 89.2 Å². The van der Waals surface area contributed by atoms with E-state index in [0.717, 1.165) is 95.6 Å². The normalized spacial score (nSPS) is 18.6. The summed E-state index contributed by atoms with van der Waals surface area (Å²) < 4.78 is 56.7. The monoisotopic (exact) mass is 1000 g/mol. The SMILES string of the molecule is CC(C)(C)OC(=O)CC1CC(Nc2c(-c3nnco3)cnc3c2ccn3COCC[Si](C)(C)C)C1.CCCS(=O)(=O)CC1CC(Nc2c(-c3nnco3)cnc3c2ccn3COCC[Si](C)(C)C)C1. The van der Waals surface area contributed by atoms with E-state index in [2.05, 4.69) is 80.3 Å². The molecule has 0 bridgehead atoms. The lowest BCUT2D eigenvalue weighted by Crippen LogP contribution is -2.39. The van der Waals surface area contributed by atoms with Gasteiger partial charge in [0.15, 0.2) is 9.84 Å². The second kappa shape index (κ2) is 22.0. The van der Waals surface area contributed by atoms with Gasteiger partial charge in [-0.15, -0.1) is 20.4 Å². The Labute approximate surface area is 408 Å². The number of carbonyl (C=O) groups is 1. The molecular weight excluding hydrogens is 933 g/mol. The van der Waals surface area contributed by atoms with Crippen LogP contribution in [-0.4, -0.2) is 112 Å². The van der Waals surface area contributed by atoms with Crippen LogP contribution in [0.3, 0.4) is 0 Å². The number of hydrogen-bond donors (Lipinski definition) is 2. The summed E-state index contributed by atoms with van der Waals surface area (Å²) in [7, 11) is -5.25. The Morgan fingerprint density at radius 1 is 0.754 bits per heavy atom. The molecular formula is C48H72N10O8SSi2. The molecule has 0 saturated heterocycles. The molecule has 6 aromatic heterocycles. The van der Waals surface area contributed by atoms with Crippen LogP contribution in [0.2, 0.25) is 51.4 Å². The molecule has 0 amide bonds. The van der Waals surface area contributed by atoms with Crippen molar-refractivity contribution < 1.29 is 36.3 Å². The first-order chi connectivity index (χ1) is 32.6. The van der Waals surface area contributed by atoms with Gasteiger partial charge < -0.3 is 42.8 Å². The summed E-state index contributed by atoms with van der Waals surface area (Å²) in [6, 6.07) is 6.73. The van der Waals surface area contributed by atoms with Crippen LogP contribution in [0, 0.1) is 11.8 Å². The molecule has 6 heterocycles. The number of fused-ring (bicyclic) bond motifs is 2. The highest BCUT2D eigenvalue weighted by atomic mass is 32.2. The predicted molar refractivity (Wildman–Crippen MR) is 274 cm³/mol. The van der Waals surface area contributed by atoms with Crippen LogP contribution in [0.25, 0.3) is 45.0 Å². The third kappa shape index (κ3) is 14.6. The zero-order chi connectivity index (χ0) is 49.6. The quantitative estimate of drug-likeness (QED) is 0.0367. The van der Waals surface area contributed by atoms with Gasteiger partial charge >= 0.3 is 5.97 Å². The second-order valence-electron chi connectivity index (χ2n) is 22.1. The molecule has 0 aliphatic heterocycles. The molecule has 0 radical (unpaired) electrons. The van der Waals surface area contributed by atoms with Gasteiger partial charge in [-0.2, -0.15) is 0 Å². The van der Waals surface area contributed by atoms with E-state index in [1.807, 2.05) is 61.4 Å². The van der Waals surface area contributed by atoms with Crippen molar-refractivity contribution in [1.82, 2.24) is 39.5 Å². The van der Waals surface area contributed by atoms with Gasteiger partial charge in [-0.05, 0) is 88.9 Å². The van der Waals surface area contributed by atoms with E-state index < -0.39 is 31.6 Å². The fourth-order valence-corrected chi connectivity index (χ4v) is 11.9. The molecule has 21 heteroatoms. The van der Waals surface area contributed by atoms with Crippen molar-refractivity contribution in [1.29, 1.82) is 0 Å². The Hall–Kier alpha value is -4.97. The number of ether oxygens (including phenoxy) is 3. The van der Waals surface area contributed by atoms with Crippen molar-refractivity contribution in [3.8, 4) is 22.9 Å². The smallest absolute Gasteiger partial charge is 0.306 e. The van der Waals surface area contributed by atoms with Gasteiger partial charge in [0.25, 0.3) is 11.8 Å². The Morgan fingerprint density at radius 3 is 1.62 bits per heavy atom. The van der Waals surface area contributed by atoms with E-state index in [1.165, 1.54) is 12.8 Å². The number of aromatic nitrogens is 8. The van der Waals surface area contributed by atoms with E-state index in [0.29, 0.717) is 44.0 Å². The van der Waals surface area contributed by atoms with Crippen molar-refractivity contribution in [2.24, 2.45) is 11.8 Å². The maximum Gasteiger partial charge on any atom is 0.306 e. The summed E-state index contributed by atoms with van der Waals surface area (Å²) in [5.41, 5.74) is 4.52. The number of esters is 1. The third-order valence-electron chi connectivity index (χ3n) is 12.3. The lowest BCUT2D eigenvalue weighted by Gasteiger charge is -2.37. The fourth-order valence-electron chi connectivity index (χ4n) is 8.57. The lowest BCUT2D eigenvalue weighted by molar-refractivity contribution is -0.156. The molecule has 0 spiro atoms. The van der Waals surface area contributed by atoms with Crippen molar-refractivity contribution >= 4 is 65.4 Å². The highest BCUT2D eigenvalue weighted by molar-refractivity contribution is 7.91. The van der Waals surface area contributed by atoms with E-state index in [-0.39, 0.29) is 35.5 Å². The summed E-state index contributed by atoms with van der Waals surface area (Å²) in [5, 5.41) is 25.0. The molecule has 2 saturated carbocycles. The van der Waals surface area contributed by atoms with Crippen LogP contribution in [-0.2, 0) is 42.3 Å². The number of sulfone groups is 1. The number of hydrogen-bond acceptors (Lipinski definition) is 16. The van der Waals surface area contributed by atoms with Gasteiger partial charge in [0.2, 0.25) is 12.8 Å². The Bertz CT molecular complexity index is 2710. The van der Waals surface area contributed by atoms with Crippen LogP contribution >= 0.6 is 0 Å². The molecule has 376 valence electrons. The van der Waals surface area contributed by atoms with Crippen molar-refractivity contribution in [3.63, 3.8) is 0 Å². The Balaban J connectivity index is 0.000000204. The molecule has 0 aromatic carbocycles. The maximum atomic E-state index is 12.2. The first-order valence-electron chi connectivity index (χ1n) is 24.2. The van der Waals surface area contributed by atoms with E-state index >= 15 is 0 Å². The van der Waals surface area contributed by atoms with E-state index in [4.69, 9.17) is 23.0 Å². The summed E-state index contributed by atoms with van der Waals surface area (Å²) in [4.78, 5) is 21.5. The standard InChI is InChI=1S/C25H37N5O4Si.C23H35N5O4SSi/c1-25(2,3)34-21(31)13-17-11-18(12-17)28-22-19-7-8-30(16-32-9-10-35(4,5)6)23(19)26-14-20(22)24-29-27-15-33-24;1-5-9-33(29,30)14-17-11-18(12-17)26-21-19-6-7-28(16-31-8-10-34(2,3)4)22(19)24-13-20(21)23-27-25-15-32-23/h7-8,14-15,17-18H,9-13,16H2,1-6H3,(H,26,28);6-7,13,15,17-18H,5,8-12,14,16H2,1-4H3,(H,24,26). The number of anilines is 2. The van der Waals surface area contributed by atoms with Crippen molar-refractivity contribution in [3.05, 3.63) is 49.7 Å². The van der Waals surface area contributed by atoms with Gasteiger partial charge in [0.05, 0.1) is 28.3 Å². The predicted octanol–water partition coefficient (Wildman–Crippen LogP) is 9.73. The summed E-state index contributed by atoms with van der Waals surface area (Å²) in [5.74, 6) is 1.74. The fraction of sp³-hybridized carbons (Fsp3) is 0.604. The Morgan fingerprint density at radius 2 is 1.22 bits per heavy atom. The molecule has 69 heavy (non-hydrogen) atoms. The van der Waals surface area contributed by atoms with E-state index in [9.17, 15) is 13.2 Å². The summed E-state index contributed by atoms with van der Waals surface area (Å²) >= 11 is 0. The summed E-state index contributed by atoms with van der Waals surface area (Å²) in [6.07, 6.45) is 14.7. The molecule has 6 aromatic rings. The van der Waals surface area contributed by atoms with Gasteiger partial charge in [0.1, 0.15) is 30.4 Å². The number of pyridine rings is 2. The zero-order valence-corrected chi connectivity index (χ0v) is 44.9. The minimum absolute atomic E-state index is 0.134. The van der Waals surface area contributed by atoms with Gasteiger partial charge in [-0.3, -0.25) is 4.79 Å². The van der Waals surface area contributed by atoms with Crippen LogP contribution in [0.1, 0.15) is 66.2 Å². The van der Waals surface area contributed by atoms with Crippen LogP contribution in [0.15, 0.2) is 58.5 Å². The van der Waals surface area contributed by atoms with Crippen molar-refractivity contribution in [2.75, 3.05) is 35.4 Å². The average molecular weight is 1010 g/mol. The molecule has 2 aliphatic carbocycles. The molecule has 0 atom stereocenters. The maximum absolute atomic E-state index is 12.2. The molecule has 0 unspecified atom stereocenters. The lowest BCUT2D eigenvalue weighted by atomic mass is 9.78. The van der Waals surface area contributed by atoms with Crippen molar-refractivity contribution in [2.45, 2.75) is 149 Å². The van der Waals surface area contributed by atoms with Gasteiger partial charge in [-0.25, -0.2) is 18.4 Å². The largest absolute Gasteiger partial charge is 0.460 e. The molecule has 2 fully saturated rings. The van der Waals surface area contributed by atoms with Gasteiger partial charge in [-0.1, -0.05) is 46.2 Å².